The number of allylic oxidation sites excluding steroid dienone is 2. The van der Waals surface area contributed by atoms with Gasteiger partial charge in [-0.05, 0) is 49.1 Å². The smallest absolute Gasteiger partial charge is 0.127 e. The zero-order valence-electron chi connectivity index (χ0n) is 13.4. The normalized spacial score (nSPS) is 19.7. The third kappa shape index (κ3) is 4.11. The molecule has 0 spiro atoms. The highest BCUT2D eigenvalue weighted by Gasteiger charge is 2.26. The molecule has 1 aliphatic rings. The molecule has 118 valence electrons. The van der Waals surface area contributed by atoms with Crippen LogP contribution in [-0.4, -0.2) is 12.7 Å². The highest BCUT2D eigenvalue weighted by atomic mass is 16.5. The Labute approximate surface area is 138 Å². The van der Waals surface area contributed by atoms with E-state index in [1.807, 2.05) is 42.5 Å². The molecule has 2 aromatic rings. The van der Waals surface area contributed by atoms with E-state index in [4.69, 9.17) is 9.47 Å². The molecule has 0 saturated carbocycles. The lowest BCUT2D eigenvalue weighted by molar-refractivity contribution is 0.0268. The maximum atomic E-state index is 5.82. The second-order valence-electron chi connectivity index (χ2n) is 5.82. The van der Waals surface area contributed by atoms with E-state index < -0.39 is 0 Å². The molecular formula is C21H22O2. The Morgan fingerprint density at radius 2 is 1.65 bits per heavy atom. The summed E-state index contributed by atoms with van der Waals surface area (Å²) < 4.78 is 11.6. The molecule has 0 radical (unpaired) electrons. The Morgan fingerprint density at radius 3 is 2.30 bits per heavy atom. The van der Waals surface area contributed by atoms with Crippen LogP contribution in [0.4, 0.5) is 0 Å². The highest BCUT2D eigenvalue weighted by Crippen LogP contribution is 2.28. The van der Waals surface area contributed by atoms with Crippen molar-refractivity contribution in [2.75, 3.05) is 7.11 Å². The van der Waals surface area contributed by atoms with Gasteiger partial charge in [0.2, 0.25) is 0 Å². The van der Waals surface area contributed by atoms with E-state index in [9.17, 15) is 0 Å². The lowest BCUT2D eigenvalue weighted by Crippen LogP contribution is -2.29. The van der Waals surface area contributed by atoms with Gasteiger partial charge in [-0.1, -0.05) is 54.6 Å². The molecule has 2 heteroatoms. The Hall–Kier alpha value is -2.32. The van der Waals surface area contributed by atoms with Crippen LogP contribution in [0.2, 0.25) is 0 Å². The predicted molar refractivity (Wildman–Crippen MR) is 93.9 cm³/mol. The summed E-state index contributed by atoms with van der Waals surface area (Å²) in [4.78, 5) is 0. The molecular weight excluding hydrogens is 284 g/mol. The zero-order chi connectivity index (χ0) is 16.0. The van der Waals surface area contributed by atoms with Crippen molar-refractivity contribution in [3.63, 3.8) is 0 Å². The molecule has 1 atom stereocenters. The molecule has 0 aromatic heterocycles. The van der Waals surface area contributed by atoms with Crippen LogP contribution in [0.15, 0.2) is 78.9 Å². The van der Waals surface area contributed by atoms with Gasteiger partial charge in [0.25, 0.3) is 0 Å². The first-order chi connectivity index (χ1) is 11.3. The molecule has 0 fully saturated rings. The van der Waals surface area contributed by atoms with Gasteiger partial charge in [0.1, 0.15) is 11.5 Å². The van der Waals surface area contributed by atoms with E-state index in [0.29, 0.717) is 0 Å². The predicted octanol–water partition coefficient (Wildman–Crippen LogP) is 5.31. The van der Waals surface area contributed by atoms with Gasteiger partial charge in [-0.15, -0.1) is 0 Å². The summed E-state index contributed by atoms with van der Waals surface area (Å²) in [5.41, 5.74) is 1.14. The fourth-order valence-corrected chi connectivity index (χ4v) is 2.79. The van der Waals surface area contributed by atoms with Crippen molar-refractivity contribution in [3.8, 4) is 11.5 Å². The topological polar surface area (TPSA) is 18.5 Å². The third-order valence-corrected chi connectivity index (χ3v) is 4.26. The van der Waals surface area contributed by atoms with Gasteiger partial charge in [0, 0.05) is 7.11 Å². The van der Waals surface area contributed by atoms with Crippen molar-refractivity contribution in [3.05, 3.63) is 84.5 Å². The number of para-hydroxylation sites is 1. The maximum absolute atomic E-state index is 5.82. The molecule has 3 rings (SSSR count). The Balaban J connectivity index is 1.59. The second-order valence-corrected chi connectivity index (χ2v) is 5.82. The first kappa shape index (κ1) is 15.6. The van der Waals surface area contributed by atoms with E-state index in [1.165, 1.54) is 5.56 Å². The highest BCUT2D eigenvalue weighted by molar-refractivity contribution is 5.33. The molecule has 0 amide bonds. The number of ether oxygens (including phenoxy) is 2. The summed E-state index contributed by atoms with van der Waals surface area (Å²) in [5.74, 6) is 1.72. The van der Waals surface area contributed by atoms with E-state index in [-0.39, 0.29) is 5.60 Å². The Morgan fingerprint density at radius 1 is 0.913 bits per heavy atom. The van der Waals surface area contributed by atoms with Gasteiger partial charge in [-0.3, -0.25) is 0 Å². The van der Waals surface area contributed by atoms with Crippen molar-refractivity contribution in [2.24, 2.45) is 0 Å². The van der Waals surface area contributed by atoms with E-state index in [0.717, 1.165) is 30.8 Å². The van der Waals surface area contributed by atoms with E-state index >= 15 is 0 Å². The summed E-state index contributed by atoms with van der Waals surface area (Å²) in [6, 6.07) is 18.2. The Bertz CT molecular complexity index is 671. The molecule has 0 N–H and O–H groups in total. The standard InChI is InChI=1S/C21H22O2/c1-22-21(15-6-3-7-16-21)17-14-18-10-12-20(13-11-18)23-19-8-4-2-5-9-19/h2-13,15H,14,16-17H2,1H3. The zero-order valence-corrected chi connectivity index (χ0v) is 13.4. The fraction of sp³-hybridized carbons (Fsp3) is 0.238. The number of benzene rings is 2. The van der Waals surface area contributed by atoms with Gasteiger partial charge in [-0.25, -0.2) is 0 Å². The minimum absolute atomic E-state index is 0.159. The van der Waals surface area contributed by atoms with Crippen molar-refractivity contribution in [1.29, 1.82) is 0 Å². The molecule has 0 bridgehead atoms. The molecule has 0 heterocycles. The minimum Gasteiger partial charge on any atom is -0.457 e. The summed E-state index contributed by atoms with van der Waals surface area (Å²) in [5, 5.41) is 0. The molecule has 23 heavy (non-hydrogen) atoms. The van der Waals surface area contributed by atoms with Crippen LogP contribution in [-0.2, 0) is 11.2 Å². The van der Waals surface area contributed by atoms with Crippen molar-refractivity contribution in [1.82, 2.24) is 0 Å². The summed E-state index contributed by atoms with van der Waals surface area (Å²) in [6.45, 7) is 0. The van der Waals surface area contributed by atoms with Gasteiger partial charge < -0.3 is 9.47 Å². The molecule has 1 unspecified atom stereocenters. The second kappa shape index (κ2) is 7.30. The van der Waals surface area contributed by atoms with Gasteiger partial charge in [0.05, 0.1) is 5.60 Å². The number of methoxy groups -OCH3 is 1. The van der Waals surface area contributed by atoms with E-state index in [1.54, 1.807) is 7.11 Å². The van der Waals surface area contributed by atoms with Crippen LogP contribution in [0.25, 0.3) is 0 Å². The largest absolute Gasteiger partial charge is 0.457 e. The van der Waals surface area contributed by atoms with Crippen LogP contribution < -0.4 is 4.74 Å². The van der Waals surface area contributed by atoms with Crippen molar-refractivity contribution < 1.29 is 9.47 Å². The summed E-state index contributed by atoms with van der Waals surface area (Å²) in [7, 11) is 1.79. The van der Waals surface area contributed by atoms with Crippen molar-refractivity contribution in [2.45, 2.75) is 24.9 Å². The van der Waals surface area contributed by atoms with Gasteiger partial charge >= 0.3 is 0 Å². The van der Waals surface area contributed by atoms with Gasteiger partial charge in [0.15, 0.2) is 0 Å². The average molecular weight is 306 g/mol. The molecule has 1 aliphatic carbocycles. The third-order valence-electron chi connectivity index (χ3n) is 4.26. The van der Waals surface area contributed by atoms with Crippen LogP contribution in [0.1, 0.15) is 18.4 Å². The number of hydrogen-bond donors (Lipinski definition) is 0. The van der Waals surface area contributed by atoms with Crippen LogP contribution in [0.5, 0.6) is 11.5 Å². The summed E-state index contributed by atoms with van der Waals surface area (Å²) >= 11 is 0. The monoisotopic (exact) mass is 306 g/mol. The number of hydrogen-bond acceptors (Lipinski definition) is 2. The molecule has 0 aliphatic heterocycles. The number of rotatable bonds is 6. The van der Waals surface area contributed by atoms with E-state index in [2.05, 4.69) is 36.4 Å². The first-order valence-electron chi connectivity index (χ1n) is 8.01. The summed E-state index contributed by atoms with van der Waals surface area (Å²) in [6.07, 6.45) is 11.4. The quantitative estimate of drug-likeness (QED) is 0.719. The number of aryl methyl sites for hydroxylation is 1. The lowest BCUT2D eigenvalue weighted by atomic mass is 9.88. The van der Waals surface area contributed by atoms with Crippen LogP contribution in [0, 0.1) is 0 Å². The molecule has 2 nitrogen and oxygen atoms in total. The average Bonchev–Trinajstić information content (AvgIpc) is 2.63. The SMILES string of the molecule is COC1(CCc2ccc(Oc3ccccc3)cc2)C=CC=CC1. The first-order valence-corrected chi connectivity index (χ1v) is 8.01. The van der Waals surface area contributed by atoms with Crippen LogP contribution in [0.3, 0.4) is 0 Å². The van der Waals surface area contributed by atoms with Crippen molar-refractivity contribution >= 4 is 0 Å². The fourth-order valence-electron chi connectivity index (χ4n) is 2.79. The Kier molecular flexibility index (Phi) is 4.94. The van der Waals surface area contributed by atoms with Gasteiger partial charge in [-0.2, -0.15) is 0 Å². The molecule has 2 aromatic carbocycles. The molecule has 0 saturated heterocycles. The van der Waals surface area contributed by atoms with Crippen LogP contribution >= 0.6 is 0 Å². The lowest BCUT2D eigenvalue weighted by Gasteiger charge is -2.29. The maximum Gasteiger partial charge on any atom is 0.127 e. The minimum atomic E-state index is -0.159.